The number of nitrogens with one attached hydrogen (secondary N) is 1. The molecule has 1 amide bonds. The van der Waals surface area contributed by atoms with Crippen LogP contribution in [-0.2, 0) is 17.4 Å². The van der Waals surface area contributed by atoms with Gasteiger partial charge in [0.25, 0.3) is 6.01 Å². The number of Topliss-reactive ketones (excluding diaryl/α,β-unsaturated/α-hetero) is 1. The average Bonchev–Trinajstić information content (AvgIpc) is 3.61. The van der Waals surface area contributed by atoms with E-state index in [-0.39, 0.29) is 30.3 Å². The zero-order valence-corrected chi connectivity index (χ0v) is 21.4. The molecule has 38 heavy (non-hydrogen) atoms. The summed E-state index contributed by atoms with van der Waals surface area (Å²) < 4.78 is 46.3. The Hall–Kier alpha value is -3.11. The zero-order chi connectivity index (χ0) is 26.7. The molecule has 1 saturated carbocycles. The fraction of sp³-hybridized carbons (Fsp3) is 0.630. The summed E-state index contributed by atoms with van der Waals surface area (Å²) >= 11 is 0. The predicted octanol–water partition coefficient (Wildman–Crippen LogP) is 4.78. The first-order valence-corrected chi connectivity index (χ1v) is 13.6. The minimum absolute atomic E-state index is 0.142. The molecule has 0 atom stereocenters. The van der Waals surface area contributed by atoms with E-state index >= 15 is 0 Å². The number of hydrogen-bond acceptors (Lipinski definition) is 7. The van der Waals surface area contributed by atoms with Crippen LogP contribution in [0.4, 0.5) is 25.0 Å². The van der Waals surface area contributed by atoms with Gasteiger partial charge in [0.1, 0.15) is 5.82 Å². The highest BCUT2D eigenvalue weighted by Crippen LogP contribution is 2.35. The van der Waals surface area contributed by atoms with E-state index in [4.69, 9.17) is 4.42 Å². The molecule has 0 radical (unpaired) electrons. The standard InChI is InChI=1S/C27H34F3N5O3/c28-27(29,30)24-23(38-26(33-24)35-12-4-1-5-13-35)21(36)16-18-8-9-22(31-17-18)34-14-10-20(11-15-34)32-25(37)19-6-2-3-7-19/h8-9,17,19-20H,1-7,10-16H2,(H,32,37). The fourth-order valence-corrected chi connectivity index (χ4v) is 5.64. The van der Waals surface area contributed by atoms with E-state index in [9.17, 15) is 22.8 Å². The molecular formula is C27H34F3N5O3. The number of aromatic nitrogens is 2. The van der Waals surface area contributed by atoms with Gasteiger partial charge in [0.15, 0.2) is 5.69 Å². The van der Waals surface area contributed by atoms with Crippen molar-refractivity contribution in [2.45, 2.75) is 76.4 Å². The highest BCUT2D eigenvalue weighted by molar-refractivity contribution is 5.96. The summed E-state index contributed by atoms with van der Waals surface area (Å²) in [7, 11) is 0. The number of pyridine rings is 1. The van der Waals surface area contributed by atoms with Gasteiger partial charge in [0, 0.05) is 50.8 Å². The monoisotopic (exact) mass is 533 g/mol. The molecule has 5 rings (SSSR count). The summed E-state index contributed by atoms with van der Waals surface area (Å²) in [4.78, 5) is 37.2. The second-order valence-electron chi connectivity index (χ2n) is 10.6. The van der Waals surface area contributed by atoms with Crippen molar-refractivity contribution in [3.63, 3.8) is 0 Å². The van der Waals surface area contributed by atoms with Gasteiger partial charge in [-0.05, 0) is 56.6 Å². The number of nitrogens with zero attached hydrogens (tertiary/aromatic N) is 4. The Kier molecular flexibility index (Phi) is 7.90. The second-order valence-corrected chi connectivity index (χ2v) is 10.6. The summed E-state index contributed by atoms with van der Waals surface area (Å²) in [6, 6.07) is 3.51. The minimum Gasteiger partial charge on any atom is -0.420 e. The van der Waals surface area contributed by atoms with Gasteiger partial charge >= 0.3 is 6.18 Å². The second kappa shape index (κ2) is 11.3. The molecule has 2 saturated heterocycles. The van der Waals surface area contributed by atoms with Crippen LogP contribution in [-0.4, -0.2) is 53.9 Å². The number of piperidine rings is 2. The molecule has 11 heteroatoms. The first-order valence-electron chi connectivity index (χ1n) is 13.6. The maximum absolute atomic E-state index is 13.6. The van der Waals surface area contributed by atoms with E-state index in [0.29, 0.717) is 18.7 Å². The maximum atomic E-state index is 13.6. The maximum Gasteiger partial charge on any atom is 0.437 e. The van der Waals surface area contributed by atoms with Gasteiger partial charge in [-0.3, -0.25) is 9.59 Å². The van der Waals surface area contributed by atoms with Gasteiger partial charge in [-0.25, -0.2) is 4.98 Å². The van der Waals surface area contributed by atoms with Crippen molar-refractivity contribution in [2.75, 3.05) is 36.0 Å². The number of oxazole rings is 1. The molecule has 1 N–H and O–H groups in total. The smallest absolute Gasteiger partial charge is 0.420 e. The molecule has 3 fully saturated rings. The third-order valence-electron chi connectivity index (χ3n) is 7.83. The van der Waals surface area contributed by atoms with E-state index in [0.717, 1.165) is 76.7 Å². The lowest BCUT2D eigenvalue weighted by molar-refractivity contribution is -0.141. The number of carbonyl (C=O) groups is 2. The molecule has 2 aromatic heterocycles. The molecule has 3 aliphatic rings. The molecule has 4 heterocycles. The molecule has 0 unspecified atom stereocenters. The normalized spacial score (nSPS) is 19.7. The Labute approximate surface area is 220 Å². The van der Waals surface area contributed by atoms with Gasteiger partial charge in [-0.2, -0.15) is 18.2 Å². The highest BCUT2D eigenvalue weighted by atomic mass is 19.4. The van der Waals surface area contributed by atoms with E-state index < -0.39 is 23.4 Å². The Morgan fingerprint density at radius 3 is 2.29 bits per heavy atom. The molecular weight excluding hydrogens is 499 g/mol. The SMILES string of the molecule is O=C(Cc1ccc(N2CCC(NC(=O)C3CCCC3)CC2)nc1)c1oc(N2CCCCC2)nc1C(F)(F)F. The third-order valence-corrected chi connectivity index (χ3v) is 7.83. The van der Waals surface area contributed by atoms with Crippen LogP contribution in [0.5, 0.6) is 0 Å². The van der Waals surface area contributed by atoms with Crippen molar-refractivity contribution in [2.24, 2.45) is 5.92 Å². The fourth-order valence-electron chi connectivity index (χ4n) is 5.64. The van der Waals surface area contributed by atoms with Crippen LogP contribution in [0.25, 0.3) is 0 Å². The minimum atomic E-state index is -4.78. The van der Waals surface area contributed by atoms with E-state index in [1.165, 1.54) is 6.20 Å². The van der Waals surface area contributed by atoms with Crippen molar-refractivity contribution in [3.05, 3.63) is 35.3 Å². The third kappa shape index (κ3) is 6.13. The summed E-state index contributed by atoms with van der Waals surface area (Å²) in [5.41, 5.74) is -0.767. The first kappa shape index (κ1) is 26.5. The number of alkyl halides is 3. The highest BCUT2D eigenvalue weighted by Gasteiger charge is 2.41. The molecule has 1 aliphatic carbocycles. The summed E-state index contributed by atoms with van der Waals surface area (Å²) in [5, 5.41) is 3.20. The van der Waals surface area contributed by atoms with E-state index in [2.05, 4.69) is 20.2 Å². The molecule has 2 aliphatic heterocycles. The Balaban J connectivity index is 1.18. The van der Waals surface area contributed by atoms with Crippen molar-refractivity contribution in [3.8, 4) is 0 Å². The molecule has 206 valence electrons. The molecule has 0 bridgehead atoms. The lowest BCUT2D eigenvalue weighted by Crippen LogP contribution is -2.46. The number of rotatable bonds is 7. The topological polar surface area (TPSA) is 91.6 Å². The van der Waals surface area contributed by atoms with Crippen LogP contribution >= 0.6 is 0 Å². The largest absolute Gasteiger partial charge is 0.437 e. The van der Waals surface area contributed by atoms with Crippen LogP contribution < -0.4 is 15.1 Å². The van der Waals surface area contributed by atoms with Crippen LogP contribution in [0, 0.1) is 5.92 Å². The van der Waals surface area contributed by atoms with Crippen LogP contribution in [0.2, 0.25) is 0 Å². The molecule has 8 nitrogen and oxygen atoms in total. The Bertz CT molecular complexity index is 1110. The average molecular weight is 534 g/mol. The number of amides is 1. The quantitative estimate of drug-likeness (QED) is 0.512. The summed E-state index contributed by atoms with van der Waals surface area (Å²) in [6.07, 6.45) is 5.05. The van der Waals surface area contributed by atoms with Gasteiger partial charge in [-0.15, -0.1) is 0 Å². The van der Waals surface area contributed by atoms with Crippen LogP contribution in [0.15, 0.2) is 22.7 Å². The lowest BCUT2D eigenvalue weighted by Gasteiger charge is -2.33. The van der Waals surface area contributed by atoms with Crippen LogP contribution in [0.1, 0.15) is 79.6 Å². The Morgan fingerprint density at radius 2 is 1.66 bits per heavy atom. The Morgan fingerprint density at radius 1 is 0.947 bits per heavy atom. The summed E-state index contributed by atoms with van der Waals surface area (Å²) in [6.45, 7) is 2.60. The van der Waals surface area contributed by atoms with Gasteiger partial charge in [0.2, 0.25) is 17.5 Å². The van der Waals surface area contributed by atoms with Gasteiger partial charge < -0.3 is 19.5 Å². The van der Waals surface area contributed by atoms with Crippen LogP contribution in [0.3, 0.4) is 0 Å². The number of ketones is 1. The van der Waals surface area contributed by atoms with Crippen molar-refractivity contribution in [1.29, 1.82) is 0 Å². The molecule has 0 aromatic carbocycles. The predicted molar refractivity (Wildman–Crippen MR) is 135 cm³/mol. The number of halogens is 3. The number of hydrogen-bond donors (Lipinski definition) is 1. The number of carbonyl (C=O) groups excluding carboxylic acids is 2. The van der Waals surface area contributed by atoms with Crippen molar-refractivity contribution in [1.82, 2.24) is 15.3 Å². The number of anilines is 2. The first-order chi connectivity index (χ1) is 18.3. The van der Waals surface area contributed by atoms with Gasteiger partial charge in [-0.1, -0.05) is 18.9 Å². The van der Waals surface area contributed by atoms with Crippen molar-refractivity contribution < 1.29 is 27.2 Å². The van der Waals surface area contributed by atoms with E-state index in [1.54, 1.807) is 17.0 Å². The van der Waals surface area contributed by atoms with Crippen molar-refractivity contribution >= 4 is 23.5 Å². The van der Waals surface area contributed by atoms with Gasteiger partial charge in [0.05, 0.1) is 0 Å². The summed E-state index contributed by atoms with van der Waals surface area (Å²) in [5.74, 6) is -0.447. The zero-order valence-electron chi connectivity index (χ0n) is 21.4. The lowest BCUT2D eigenvalue weighted by atomic mass is 10.0. The molecule has 2 aromatic rings. The van der Waals surface area contributed by atoms with E-state index in [1.807, 2.05) is 0 Å². The molecule has 0 spiro atoms.